The number of rotatable bonds is 4. The zero-order valence-corrected chi connectivity index (χ0v) is 11.2. The third-order valence-electron chi connectivity index (χ3n) is 2.91. The second-order valence-electron chi connectivity index (χ2n) is 4.74. The maximum Gasteiger partial charge on any atom is 0.301 e. The molecule has 1 fully saturated rings. The van der Waals surface area contributed by atoms with Crippen LogP contribution in [0.5, 0.6) is 0 Å². The summed E-state index contributed by atoms with van der Waals surface area (Å²) in [4.78, 5) is 0. The molecule has 0 spiro atoms. The van der Waals surface area contributed by atoms with Crippen LogP contribution in [0.4, 0.5) is 5.69 Å². The van der Waals surface area contributed by atoms with Crippen LogP contribution in [-0.4, -0.2) is 25.8 Å². The van der Waals surface area contributed by atoms with E-state index in [0.29, 0.717) is 24.7 Å². The summed E-state index contributed by atoms with van der Waals surface area (Å²) >= 11 is 0. The summed E-state index contributed by atoms with van der Waals surface area (Å²) in [5.41, 5.74) is 2.77. The Bertz CT molecular complexity index is 519. The number of anilines is 1. The maximum absolute atomic E-state index is 11.8. The molecule has 1 aliphatic heterocycles. The minimum absolute atomic E-state index is 0.389. The van der Waals surface area contributed by atoms with Crippen molar-refractivity contribution in [1.29, 1.82) is 0 Å². The number of hydrogen-bond donors (Lipinski definition) is 1. The van der Waals surface area contributed by atoms with Gasteiger partial charge in [-0.05, 0) is 30.0 Å². The van der Waals surface area contributed by atoms with Crippen LogP contribution in [0.3, 0.4) is 0 Å². The van der Waals surface area contributed by atoms with E-state index in [1.165, 1.54) is 4.31 Å². The minimum Gasteiger partial charge on any atom is -0.271 e. The first-order chi connectivity index (χ1) is 7.90. The van der Waals surface area contributed by atoms with Gasteiger partial charge in [-0.25, -0.2) is 0 Å². The van der Waals surface area contributed by atoms with E-state index in [1.807, 2.05) is 25.1 Å². The highest BCUT2D eigenvalue weighted by Crippen LogP contribution is 2.24. The van der Waals surface area contributed by atoms with E-state index in [1.54, 1.807) is 0 Å². The van der Waals surface area contributed by atoms with Gasteiger partial charge < -0.3 is 0 Å². The average molecular weight is 254 g/mol. The summed E-state index contributed by atoms with van der Waals surface area (Å²) in [6.45, 7) is 7.33. The van der Waals surface area contributed by atoms with Crippen molar-refractivity contribution in [3.05, 3.63) is 29.3 Å². The van der Waals surface area contributed by atoms with Gasteiger partial charge in [-0.15, -0.1) is 0 Å². The largest absolute Gasteiger partial charge is 0.301 e. The van der Waals surface area contributed by atoms with Crippen molar-refractivity contribution in [3.8, 4) is 0 Å². The number of nitrogens with zero attached hydrogens (tertiary/aromatic N) is 1. The van der Waals surface area contributed by atoms with Gasteiger partial charge in [-0.3, -0.25) is 4.72 Å². The zero-order valence-electron chi connectivity index (χ0n) is 10.4. The van der Waals surface area contributed by atoms with Crippen molar-refractivity contribution < 1.29 is 8.42 Å². The van der Waals surface area contributed by atoms with Crippen molar-refractivity contribution in [2.45, 2.75) is 26.7 Å². The van der Waals surface area contributed by atoms with E-state index in [-0.39, 0.29) is 0 Å². The molecule has 5 heteroatoms. The molecule has 0 unspecified atom stereocenters. The molecule has 1 aromatic carbocycles. The van der Waals surface area contributed by atoms with Crippen LogP contribution >= 0.6 is 0 Å². The van der Waals surface area contributed by atoms with Crippen molar-refractivity contribution in [3.63, 3.8) is 0 Å². The van der Waals surface area contributed by atoms with Crippen LogP contribution in [0.1, 0.15) is 30.9 Å². The van der Waals surface area contributed by atoms with Gasteiger partial charge in [0.2, 0.25) is 0 Å². The molecular weight excluding hydrogens is 236 g/mol. The lowest BCUT2D eigenvalue weighted by Crippen LogP contribution is -2.21. The molecule has 1 N–H and O–H groups in total. The first-order valence-corrected chi connectivity index (χ1v) is 7.22. The van der Waals surface area contributed by atoms with E-state index >= 15 is 0 Å². The van der Waals surface area contributed by atoms with Gasteiger partial charge in [0.05, 0.1) is 5.69 Å². The highest BCUT2D eigenvalue weighted by atomic mass is 32.2. The van der Waals surface area contributed by atoms with E-state index in [0.717, 1.165) is 11.1 Å². The van der Waals surface area contributed by atoms with Crippen molar-refractivity contribution in [2.75, 3.05) is 17.8 Å². The molecule has 0 atom stereocenters. The first-order valence-electron chi connectivity index (χ1n) is 5.78. The average Bonchev–Trinajstić information content (AvgIpc) is 3.04. The molecule has 1 heterocycles. The predicted molar refractivity (Wildman–Crippen MR) is 69.4 cm³/mol. The third-order valence-corrected chi connectivity index (χ3v) is 4.44. The SMILES string of the molecule is Cc1ccc(C(C)C)cc1NS(=O)(=O)N1CC1. The second-order valence-corrected chi connectivity index (χ2v) is 6.41. The summed E-state index contributed by atoms with van der Waals surface area (Å²) in [5, 5.41) is 0. The number of aryl methyl sites for hydroxylation is 1. The van der Waals surface area contributed by atoms with Crippen LogP contribution < -0.4 is 4.72 Å². The Balaban J connectivity index is 2.28. The lowest BCUT2D eigenvalue weighted by Gasteiger charge is -2.13. The van der Waals surface area contributed by atoms with Crippen LogP contribution in [0, 0.1) is 6.92 Å². The molecule has 0 radical (unpaired) electrons. The van der Waals surface area contributed by atoms with E-state index < -0.39 is 10.2 Å². The van der Waals surface area contributed by atoms with E-state index in [9.17, 15) is 8.42 Å². The summed E-state index contributed by atoms with van der Waals surface area (Å²) in [5.74, 6) is 0.389. The standard InChI is InChI=1S/C12H18N2O2S/c1-9(2)11-5-4-10(3)12(8-11)13-17(15,16)14-6-7-14/h4-5,8-9,13H,6-7H2,1-3H3. The third kappa shape index (κ3) is 2.79. The number of hydrogen-bond acceptors (Lipinski definition) is 2. The van der Waals surface area contributed by atoms with Gasteiger partial charge in [-0.2, -0.15) is 12.7 Å². The van der Waals surface area contributed by atoms with Crippen molar-refractivity contribution in [2.24, 2.45) is 0 Å². The van der Waals surface area contributed by atoms with E-state index in [4.69, 9.17) is 0 Å². The summed E-state index contributed by atoms with van der Waals surface area (Å²) in [6.07, 6.45) is 0. The molecule has 0 saturated carbocycles. The molecular formula is C12H18N2O2S. The van der Waals surface area contributed by atoms with Crippen LogP contribution in [0.15, 0.2) is 18.2 Å². The van der Waals surface area contributed by atoms with Gasteiger partial charge in [0.1, 0.15) is 0 Å². The Morgan fingerprint density at radius 2 is 1.94 bits per heavy atom. The summed E-state index contributed by atoms with van der Waals surface area (Å²) in [7, 11) is -3.32. The molecule has 0 amide bonds. The molecule has 2 rings (SSSR count). The lowest BCUT2D eigenvalue weighted by atomic mass is 10.0. The molecule has 17 heavy (non-hydrogen) atoms. The normalized spacial score (nSPS) is 16.2. The maximum atomic E-state index is 11.8. The Labute approximate surface area is 103 Å². The Morgan fingerprint density at radius 3 is 2.47 bits per heavy atom. The fourth-order valence-corrected chi connectivity index (χ4v) is 2.78. The molecule has 1 saturated heterocycles. The quantitative estimate of drug-likeness (QED) is 0.836. The van der Waals surface area contributed by atoms with E-state index in [2.05, 4.69) is 18.6 Å². The minimum atomic E-state index is -3.32. The Kier molecular flexibility index (Phi) is 3.14. The zero-order chi connectivity index (χ0) is 12.6. The van der Waals surface area contributed by atoms with Gasteiger partial charge in [0, 0.05) is 13.1 Å². The Hall–Kier alpha value is -1.07. The smallest absolute Gasteiger partial charge is 0.271 e. The molecule has 0 aromatic heterocycles. The first kappa shape index (κ1) is 12.4. The van der Waals surface area contributed by atoms with Gasteiger partial charge in [0.15, 0.2) is 0 Å². The van der Waals surface area contributed by atoms with Crippen molar-refractivity contribution in [1.82, 2.24) is 4.31 Å². The van der Waals surface area contributed by atoms with Crippen molar-refractivity contribution >= 4 is 15.9 Å². The number of benzene rings is 1. The number of nitrogens with one attached hydrogen (secondary N) is 1. The fourth-order valence-electron chi connectivity index (χ4n) is 1.59. The topological polar surface area (TPSA) is 49.2 Å². The molecule has 4 nitrogen and oxygen atoms in total. The molecule has 0 aliphatic carbocycles. The Morgan fingerprint density at radius 1 is 1.29 bits per heavy atom. The summed E-state index contributed by atoms with van der Waals surface area (Å²) < 4.78 is 27.7. The predicted octanol–water partition coefficient (Wildman–Crippen LogP) is 2.09. The second kappa shape index (κ2) is 4.31. The summed E-state index contributed by atoms with van der Waals surface area (Å²) in [6, 6.07) is 5.91. The van der Waals surface area contributed by atoms with Gasteiger partial charge in [-0.1, -0.05) is 26.0 Å². The molecule has 94 valence electrons. The molecule has 0 bridgehead atoms. The molecule has 1 aliphatic rings. The van der Waals surface area contributed by atoms with Gasteiger partial charge >= 0.3 is 10.2 Å². The van der Waals surface area contributed by atoms with Crippen LogP contribution in [0.25, 0.3) is 0 Å². The fraction of sp³-hybridized carbons (Fsp3) is 0.500. The van der Waals surface area contributed by atoms with Crippen LogP contribution in [0.2, 0.25) is 0 Å². The van der Waals surface area contributed by atoms with Crippen LogP contribution in [-0.2, 0) is 10.2 Å². The highest BCUT2D eigenvalue weighted by molar-refractivity contribution is 7.90. The lowest BCUT2D eigenvalue weighted by molar-refractivity contribution is 0.569. The highest BCUT2D eigenvalue weighted by Gasteiger charge is 2.31. The molecule has 1 aromatic rings. The van der Waals surface area contributed by atoms with Gasteiger partial charge in [0.25, 0.3) is 0 Å². The monoisotopic (exact) mass is 254 g/mol.